The van der Waals surface area contributed by atoms with Crippen molar-refractivity contribution >= 4 is 48.7 Å². The average molecular weight is 682 g/mol. The highest BCUT2D eigenvalue weighted by Crippen LogP contribution is 2.54. The monoisotopic (exact) mass is 680 g/mol. The minimum absolute atomic E-state index is 0.0137. The van der Waals surface area contributed by atoms with E-state index >= 15 is 0 Å². The summed E-state index contributed by atoms with van der Waals surface area (Å²) in [6.07, 6.45) is 0.232. The van der Waals surface area contributed by atoms with Crippen molar-refractivity contribution in [3.63, 3.8) is 0 Å². The van der Waals surface area contributed by atoms with E-state index in [0.29, 0.717) is 15.6 Å². The molecule has 0 saturated heterocycles. The molecule has 0 bridgehead atoms. The third-order valence-electron chi connectivity index (χ3n) is 9.66. The van der Waals surface area contributed by atoms with Crippen molar-refractivity contribution in [3.05, 3.63) is 129 Å². The van der Waals surface area contributed by atoms with Crippen molar-refractivity contribution < 1.29 is 21.6 Å². The van der Waals surface area contributed by atoms with Gasteiger partial charge in [-0.3, -0.25) is 4.79 Å². The zero-order chi connectivity index (χ0) is 32.1. The maximum Gasteiger partial charge on any atom is 0.182 e. The summed E-state index contributed by atoms with van der Waals surface area (Å²) in [6, 6.07) is 27.7. The predicted octanol–water partition coefficient (Wildman–Crippen LogP) is 8.16. The van der Waals surface area contributed by atoms with E-state index in [2.05, 4.69) is 0 Å². The highest BCUT2D eigenvalue weighted by Gasteiger charge is 2.56. The molecule has 2 saturated carbocycles. The largest absolute Gasteiger partial charge is 0.299 e. The minimum atomic E-state index is -3.97. The molecule has 6 rings (SSSR count). The Morgan fingerprint density at radius 1 is 0.600 bits per heavy atom. The number of sulfone groups is 2. The second-order valence-electron chi connectivity index (χ2n) is 12.5. The van der Waals surface area contributed by atoms with Crippen LogP contribution in [0.2, 0.25) is 10.0 Å². The minimum Gasteiger partial charge on any atom is -0.299 e. The van der Waals surface area contributed by atoms with Crippen LogP contribution in [0.15, 0.2) is 107 Å². The van der Waals surface area contributed by atoms with Gasteiger partial charge in [-0.25, -0.2) is 16.8 Å². The van der Waals surface area contributed by atoms with Crippen LogP contribution >= 0.6 is 23.2 Å². The first kappa shape index (κ1) is 32.0. The van der Waals surface area contributed by atoms with E-state index in [1.807, 2.05) is 32.0 Å². The molecule has 2 fully saturated rings. The van der Waals surface area contributed by atoms with Gasteiger partial charge in [0.1, 0.15) is 5.78 Å². The van der Waals surface area contributed by atoms with Gasteiger partial charge in [-0.2, -0.15) is 0 Å². The molecule has 0 heterocycles. The van der Waals surface area contributed by atoms with Crippen molar-refractivity contribution in [1.82, 2.24) is 0 Å². The lowest BCUT2D eigenvalue weighted by Crippen LogP contribution is -2.53. The van der Waals surface area contributed by atoms with Gasteiger partial charge in [-0.05, 0) is 92.3 Å². The van der Waals surface area contributed by atoms with Crippen LogP contribution < -0.4 is 0 Å². The molecule has 0 radical (unpaired) electrons. The molecule has 5 nitrogen and oxygen atoms in total. The number of hydrogen-bond donors (Lipinski definition) is 0. The van der Waals surface area contributed by atoms with Crippen molar-refractivity contribution in [2.45, 2.75) is 65.2 Å². The first-order chi connectivity index (χ1) is 21.4. The number of Topliss-reactive ketones (excluding diaryl/α,β-unsaturated/α-hetero) is 1. The molecule has 6 unspecified atom stereocenters. The fourth-order valence-electron chi connectivity index (χ4n) is 7.40. The van der Waals surface area contributed by atoms with Crippen LogP contribution in [0.1, 0.15) is 53.4 Å². The van der Waals surface area contributed by atoms with E-state index in [1.54, 1.807) is 78.9 Å². The van der Waals surface area contributed by atoms with Gasteiger partial charge in [0.2, 0.25) is 0 Å². The van der Waals surface area contributed by atoms with Crippen LogP contribution in [0, 0.1) is 25.7 Å². The number of fused-ring (bicyclic) bond motifs is 1. The summed E-state index contributed by atoms with van der Waals surface area (Å²) >= 11 is 12.6. The van der Waals surface area contributed by atoms with E-state index < -0.39 is 53.8 Å². The van der Waals surface area contributed by atoms with Crippen LogP contribution in [0.3, 0.4) is 0 Å². The van der Waals surface area contributed by atoms with Crippen molar-refractivity contribution in [1.29, 1.82) is 0 Å². The lowest BCUT2D eigenvalue weighted by atomic mass is 9.62. The highest BCUT2D eigenvalue weighted by molar-refractivity contribution is 7.92. The standard InChI is InChI=1S/C36H34Cl2O5S2/c1-22-6-14-28(15-7-22)44(40,41)35-21-32-33(19-30(35)24-10-12-26(37)13-11-24)36(45(42,43)29-16-8-23(2)9-17-29)31(20-34(32)39)25-4-3-5-27(38)18-25/h3-18,30-33,35-36H,19-21H2,1-2H3. The number of carbonyl (C=O) groups is 1. The summed E-state index contributed by atoms with van der Waals surface area (Å²) in [5.74, 6) is -2.67. The Bertz CT molecular complexity index is 1940. The van der Waals surface area contributed by atoms with Crippen LogP contribution in [-0.2, 0) is 24.5 Å². The lowest BCUT2D eigenvalue weighted by molar-refractivity contribution is -0.128. The zero-order valence-electron chi connectivity index (χ0n) is 24.9. The summed E-state index contributed by atoms with van der Waals surface area (Å²) < 4.78 is 58.0. The Balaban J connectivity index is 1.51. The molecule has 234 valence electrons. The van der Waals surface area contributed by atoms with Gasteiger partial charge >= 0.3 is 0 Å². The molecule has 45 heavy (non-hydrogen) atoms. The summed E-state index contributed by atoms with van der Waals surface area (Å²) in [7, 11) is -7.86. The van der Waals surface area contributed by atoms with Crippen LogP contribution in [0.4, 0.5) is 0 Å². The molecule has 9 heteroatoms. The maximum absolute atomic E-state index is 14.7. The number of benzene rings is 4. The Labute approximate surface area is 275 Å². The molecular weight excluding hydrogens is 647 g/mol. The quantitative estimate of drug-likeness (QED) is 0.205. The normalized spacial score (nSPS) is 25.5. The molecule has 0 N–H and O–H groups in total. The van der Waals surface area contributed by atoms with Gasteiger partial charge in [0, 0.05) is 34.2 Å². The summed E-state index contributed by atoms with van der Waals surface area (Å²) in [5.41, 5.74) is 3.31. The van der Waals surface area contributed by atoms with E-state index in [9.17, 15) is 21.6 Å². The predicted molar refractivity (Wildman–Crippen MR) is 179 cm³/mol. The molecular formula is C36H34Cl2O5S2. The SMILES string of the molecule is Cc1ccc(S(=O)(=O)C2CC3C(=O)CC(c4cccc(Cl)c4)C(S(=O)(=O)c4ccc(C)cc4)C3CC2c2ccc(Cl)cc2)cc1. The van der Waals surface area contributed by atoms with E-state index in [4.69, 9.17) is 23.2 Å². The summed E-state index contributed by atoms with van der Waals surface area (Å²) in [6.45, 7) is 3.79. The first-order valence-electron chi connectivity index (χ1n) is 15.0. The fraction of sp³-hybridized carbons (Fsp3) is 0.306. The molecule has 4 aromatic rings. The van der Waals surface area contributed by atoms with Crippen LogP contribution in [-0.4, -0.2) is 33.1 Å². The number of rotatable bonds is 6. The molecule has 6 atom stereocenters. The van der Waals surface area contributed by atoms with Gasteiger partial charge in [-0.15, -0.1) is 0 Å². The number of halogens is 2. The first-order valence-corrected chi connectivity index (χ1v) is 18.9. The second-order valence-corrected chi connectivity index (χ2v) is 17.6. The number of aryl methyl sites for hydroxylation is 2. The lowest BCUT2D eigenvalue weighted by Gasteiger charge is -2.48. The fourth-order valence-corrected chi connectivity index (χ4v) is 12.0. The summed E-state index contributed by atoms with van der Waals surface area (Å²) in [4.78, 5) is 14.4. The third-order valence-corrected chi connectivity index (χ3v) is 14.7. The van der Waals surface area contributed by atoms with E-state index in [0.717, 1.165) is 16.7 Å². The van der Waals surface area contributed by atoms with Gasteiger partial charge < -0.3 is 0 Å². The smallest absolute Gasteiger partial charge is 0.182 e. The van der Waals surface area contributed by atoms with E-state index in [1.165, 1.54) is 0 Å². The van der Waals surface area contributed by atoms with Crippen LogP contribution in [0.5, 0.6) is 0 Å². The Kier molecular flexibility index (Phi) is 8.76. The topological polar surface area (TPSA) is 85.3 Å². The Hall–Kier alpha value is -2.97. The van der Waals surface area contributed by atoms with Crippen molar-refractivity contribution in [2.24, 2.45) is 11.8 Å². The van der Waals surface area contributed by atoms with E-state index in [-0.39, 0.29) is 34.8 Å². The summed E-state index contributed by atoms with van der Waals surface area (Å²) in [5, 5.41) is -0.907. The van der Waals surface area contributed by atoms with Crippen LogP contribution in [0.25, 0.3) is 0 Å². The molecule has 0 spiro atoms. The third kappa shape index (κ3) is 6.12. The molecule has 2 aliphatic carbocycles. The van der Waals surface area contributed by atoms with Crippen molar-refractivity contribution in [2.75, 3.05) is 0 Å². The Morgan fingerprint density at radius 2 is 1.18 bits per heavy atom. The molecule has 2 aliphatic rings. The molecule has 0 aromatic heterocycles. The van der Waals surface area contributed by atoms with Crippen molar-refractivity contribution in [3.8, 4) is 0 Å². The average Bonchev–Trinajstić information content (AvgIpc) is 3.01. The molecule has 4 aromatic carbocycles. The number of ketones is 1. The van der Waals surface area contributed by atoms with Gasteiger partial charge in [0.05, 0.1) is 20.3 Å². The highest BCUT2D eigenvalue weighted by atomic mass is 35.5. The van der Waals surface area contributed by atoms with Gasteiger partial charge in [0.25, 0.3) is 0 Å². The zero-order valence-corrected chi connectivity index (χ0v) is 28.1. The van der Waals surface area contributed by atoms with Gasteiger partial charge in [0.15, 0.2) is 19.7 Å². The maximum atomic E-state index is 14.7. The number of hydrogen-bond acceptors (Lipinski definition) is 5. The number of carbonyl (C=O) groups excluding carboxylic acids is 1. The van der Waals surface area contributed by atoms with Gasteiger partial charge in [-0.1, -0.05) is 82.9 Å². The second kappa shape index (κ2) is 12.3. The molecule has 0 amide bonds. The Morgan fingerprint density at radius 3 is 1.76 bits per heavy atom. The molecule has 0 aliphatic heterocycles.